The molecule has 2 rings (SSSR count). The van der Waals surface area contributed by atoms with E-state index in [1.807, 2.05) is 44.2 Å². The minimum Gasteiger partial charge on any atom is -0.366 e. The number of methoxy groups -OCH3 is 1. The molecule has 104 valence electrons. The fourth-order valence-electron chi connectivity index (χ4n) is 1.96. The van der Waals surface area contributed by atoms with Gasteiger partial charge in [0.05, 0.1) is 0 Å². The molecule has 1 atom stereocenters. The van der Waals surface area contributed by atoms with Gasteiger partial charge in [-0.1, -0.05) is 36.1 Å². The Kier molecular flexibility index (Phi) is 4.42. The van der Waals surface area contributed by atoms with Crippen molar-refractivity contribution in [3.63, 3.8) is 0 Å². The average molecular weight is 270 g/mol. The lowest BCUT2D eigenvalue weighted by Crippen LogP contribution is -2.19. The van der Waals surface area contributed by atoms with Crippen LogP contribution in [0.25, 0.3) is 0 Å². The maximum absolute atomic E-state index is 13.3. The highest BCUT2D eigenvalue weighted by Gasteiger charge is 2.13. The summed E-state index contributed by atoms with van der Waals surface area (Å²) in [7, 11) is 1.65. The van der Waals surface area contributed by atoms with Crippen molar-refractivity contribution < 1.29 is 9.13 Å². The molecule has 0 saturated carbocycles. The van der Waals surface area contributed by atoms with Crippen molar-refractivity contribution in [2.45, 2.75) is 31.8 Å². The molecule has 1 aromatic rings. The van der Waals surface area contributed by atoms with E-state index >= 15 is 0 Å². The van der Waals surface area contributed by atoms with Crippen LogP contribution in [0.3, 0.4) is 0 Å². The van der Waals surface area contributed by atoms with Crippen LogP contribution in [0.4, 0.5) is 4.39 Å². The third-order valence-electron chi connectivity index (χ3n) is 3.39. The lowest BCUT2D eigenvalue weighted by molar-refractivity contribution is 0.0742. The first-order valence-electron chi connectivity index (χ1n) is 6.71. The normalized spacial score (nSPS) is 18.2. The molecule has 0 radical (unpaired) electrons. The lowest BCUT2D eigenvalue weighted by Gasteiger charge is -2.15. The Bertz CT molecular complexity index is 582. The molecule has 0 spiro atoms. The van der Waals surface area contributed by atoms with Crippen LogP contribution in [0.1, 0.15) is 37.3 Å². The highest BCUT2D eigenvalue weighted by molar-refractivity contribution is 5.40. The van der Waals surface area contributed by atoms with Gasteiger partial charge in [-0.15, -0.1) is 0 Å². The van der Waals surface area contributed by atoms with E-state index in [-0.39, 0.29) is 11.7 Å². The maximum atomic E-state index is 13.3. The van der Waals surface area contributed by atoms with Crippen LogP contribution < -0.4 is 0 Å². The van der Waals surface area contributed by atoms with E-state index in [0.29, 0.717) is 6.42 Å². The van der Waals surface area contributed by atoms with Crippen molar-refractivity contribution >= 4 is 0 Å². The number of halogens is 1. The van der Waals surface area contributed by atoms with E-state index < -0.39 is 5.60 Å². The number of allylic oxidation sites excluding steroid dienone is 4. The fourth-order valence-corrected chi connectivity index (χ4v) is 1.96. The first-order valence-corrected chi connectivity index (χ1v) is 6.71. The van der Waals surface area contributed by atoms with Crippen LogP contribution in [0.5, 0.6) is 0 Å². The summed E-state index contributed by atoms with van der Waals surface area (Å²) in [4.78, 5) is 0. The smallest absolute Gasteiger partial charge is 0.123 e. The van der Waals surface area contributed by atoms with E-state index in [1.165, 1.54) is 6.08 Å². The van der Waals surface area contributed by atoms with Crippen LogP contribution >= 0.6 is 0 Å². The quantitative estimate of drug-likeness (QED) is 0.725. The molecule has 0 amide bonds. The molecule has 0 saturated heterocycles. The Balaban J connectivity index is 2.11. The van der Waals surface area contributed by atoms with Gasteiger partial charge < -0.3 is 4.74 Å². The second kappa shape index (κ2) is 6.07. The van der Waals surface area contributed by atoms with Gasteiger partial charge in [0, 0.05) is 25.0 Å². The molecule has 2 heteroatoms. The predicted octanol–water partition coefficient (Wildman–Crippen LogP) is 4.36. The van der Waals surface area contributed by atoms with Crippen LogP contribution in [0.15, 0.2) is 48.3 Å². The first kappa shape index (κ1) is 14.6. The van der Waals surface area contributed by atoms with E-state index in [4.69, 9.17) is 4.74 Å². The number of hydrogen-bond acceptors (Lipinski definition) is 1. The second-order valence-electron chi connectivity index (χ2n) is 5.40. The van der Waals surface area contributed by atoms with Crippen LogP contribution in [0, 0.1) is 11.8 Å². The molecule has 1 aromatic carbocycles. The zero-order chi connectivity index (χ0) is 14.6. The summed E-state index contributed by atoms with van der Waals surface area (Å²) in [5, 5.41) is 0. The third kappa shape index (κ3) is 3.82. The van der Waals surface area contributed by atoms with Gasteiger partial charge in [-0.05, 0) is 37.6 Å². The van der Waals surface area contributed by atoms with Gasteiger partial charge in [0.25, 0.3) is 0 Å². The third-order valence-corrected chi connectivity index (χ3v) is 3.39. The largest absolute Gasteiger partial charge is 0.366 e. The zero-order valence-electron chi connectivity index (χ0n) is 12.1. The van der Waals surface area contributed by atoms with Crippen molar-refractivity contribution in [1.29, 1.82) is 0 Å². The maximum Gasteiger partial charge on any atom is 0.123 e. The van der Waals surface area contributed by atoms with Gasteiger partial charge >= 0.3 is 0 Å². The summed E-state index contributed by atoms with van der Waals surface area (Å²) < 4.78 is 18.5. The first-order chi connectivity index (χ1) is 9.50. The van der Waals surface area contributed by atoms with Crippen LogP contribution in [-0.2, 0) is 4.74 Å². The molecule has 0 bridgehead atoms. The Labute approximate surface area is 120 Å². The molecule has 20 heavy (non-hydrogen) atoms. The summed E-state index contributed by atoms with van der Waals surface area (Å²) in [6, 6.07) is 7.96. The van der Waals surface area contributed by atoms with Gasteiger partial charge in [-0.2, -0.15) is 0 Å². The van der Waals surface area contributed by atoms with E-state index in [0.717, 1.165) is 11.1 Å². The second-order valence-corrected chi connectivity index (χ2v) is 5.40. The SMILES string of the molecule is COC(C)(C)C#Cc1ccc(C2C=CC=C(F)C2)cc1. The van der Waals surface area contributed by atoms with E-state index in [9.17, 15) is 4.39 Å². The van der Waals surface area contributed by atoms with Crippen molar-refractivity contribution in [3.05, 3.63) is 59.4 Å². The molecule has 0 aliphatic heterocycles. The highest BCUT2D eigenvalue weighted by Crippen LogP contribution is 2.28. The van der Waals surface area contributed by atoms with Gasteiger partial charge in [-0.25, -0.2) is 4.39 Å². The lowest BCUT2D eigenvalue weighted by atomic mass is 9.91. The number of benzene rings is 1. The Morgan fingerprint density at radius 1 is 1.25 bits per heavy atom. The molecule has 0 heterocycles. The fraction of sp³-hybridized carbons (Fsp3) is 0.333. The molecular formula is C18H19FO. The predicted molar refractivity (Wildman–Crippen MR) is 80.1 cm³/mol. The average Bonchev–Trinajstić information content (AvgIpc) is 2.46. The molecular weight excluding hydrogens is 251 g/mol. The summed E-state index contributed by atoms with van der Waals surface area (Å²) in [5.74, 6) is 6.23. The molecule has 0 fully saturated rings. The van der Waals surface area contributed by atoms with Crippen molar-refractivity contribution in [3.8, 4) is 11.8 Å². The van der Waals surface area contributed by atoms with Crippen molar-refractivity contribution in [1.82, 2.24) is 0 Å². The van der Waals surface area contributed by atoms with E-state index in [2.05, 4.69) is 11.8 Å². The Hall–Kier alpha value is -1.85. The van der Waals surface area contributed by atoms with Crippen LogP contribution in [-0.4, -0.2) is 12.7 Å². The topological polar surface area (TPSA) is 9.23 Å². The number of ether oxygens (including phenoxy) is 1. The Morgan fingerprint density at radius 2 is 1.95 bits per heavy atom. The minimum absolute atomic E-state index is 0.0665. The molecule has 1 aliphatic rings. The molecule has 1 unspecified atom stereocenters. The van der Waals surface area contributed by atoms with Gasteiger partial charge in [0.1, 0.15) is 11.4 Å². The van der Waals surface area contributed by atoms with Gasteiger partial charge in [0.15, 0.2) is 0 Å². The summed E-state index contributed by atoms with van der Waals surface area (Å²) in [6.45, 7) is 3.85. The molecule has 1 nitrogen and oxygen atoms in total. The van der Waals surface area contributed by atoms with Crippen molar-refractivity contribution in [2.75, 3.05) is 7.11 Å². The zero-order valence-corrected chi connectivity index (χ0v) is 12.1. The standard InChI is InChI=1S/C18H19FO/c1-18(2,20-3)12-11-14-7-9-15(10-8-14)16-5-4-6-17(19)13-16/h4-10,16H,13H2,1-3H3. The monoisotopic (exact) mass is 270 g/mol. The summed E-state index contributed by atoms with van der Waals surface area (Å²) >= 11 is 0. The van der Waals surface area contributed by atoms with Gasteiger partial charge in [-0.3, -0.25) is 0 Å². The van der Waals surface area contributed by atoms with Crippen LogP contribution in [0.2, 0.25) is 0 Å². The van der Waals surface area contributed by atoms with Crippen molar-refractivity contribution in [2.24, 2.45) is 0 Å². The summed E-state index contributed by atoms with van der Waals surface area (Å²) in [5.41, 5.74) is 1.61. The molecule has 0 aromatic heterocycles. The summed E-state index contributed by atoms with van der Waals surface area (Å²) in [6.07, 6.45) is 5.76. The van der Waals surface area contributed by atoms with Gasteiger partial charge in [0.2, 0.25) is 0 Å². The Morgan fingerprint density at radius 3 is 2.55 bits per heavy atom. The highest BCUT2D eigenvalue weighted by atomic mass is 19.1. The number of hydrogen-bond donors (Lipinski definition) is 0. The minimum atomic E-state index is -0.446. The molecule has 0 N–H and O–H groups in total. The van der Waals surface area contributed by atoms with E-state index in [1.54, 1.807) is 13.2 Å². The molecule has 1 aliphatic carbocycles. The number of rotatable bonds is 2.